The first-order valence-electron chi connectivity index (χ1n) is 5.16. The molecule has 1 heterocycles. The van der Waals surface area contributed by atoms with Crippen LogP contribution in [-0.2, 0) is 10.0 Å². The number of H-pyrrole nitrogens is 1. The average molecular weight is 337 g/mol. The summed E-state index contributed by atoms with van der Waals surface area (Å²) < 4.78 is 38.3. The van der Waals surface area contributed by atoms with Gasteiger partial charge in [-0.05, 0) is 30.3 Å². The number of amides is 1. The molecule has 0 spiro atoms. The van der Waals surface area contributed by atoms with Gasteiger partial charge in [0.25, 0.3) is 15.9 Å². The van der Waals surface area contributed by atoms with Crippen molar-refractivity contribution in [2.75, 3.05) is 0 Å². The van der Waals surface area contributed by atoms with Crippen LogP contribution in [0.25, 0.3) is 0 Å². The zero-order chi connectivity index (χ0) is 14.9. The third-order valence-corrected chi connectivity index (χ3v) is 4.36. The zero-order valence-corrected chi connectivity index (χ0v) is 12.0. The fourth-order valence-electron chi connectivity index (χ4n) is 1.38. The van der Waals surface area contributed by atoms with E-state index >= 15 is 0 Å². The lowest BCUT2D eigenvalue weighted by atomic mass is 10.4. The molecule has 1 aromatic carbocycles. The van der Waals surface area contributed by atoms with Crippen molar-refractivity contribution >= 4 is 39.1 Å². The summed E-state index contributed by atoms with van der Waals surface area (Å²) in [6.07, 6.45) is 0. The van der Waals surface area contributed by atoms with Crippen molar-refractivity contribution in [3.63, 3.8) is 0 Å². The lowest BCUT2D eigenvalue weighted by molar-refractivity contribution is 0.0977. The predicted molar refractivity (Wildman–Crippen MR) is 71.9 cm³/mol. The summed E-state index contributed by atoms with van der Waals surface area (Å²) >= 11 is 11.3. The number of hydrogen-bond acceptors (Lipinski definition) is 3. The molecule has 2 N–H and O–H groups in total. The van der Waals surface area contributed by atoms with Gasteiger partial charge in [-0.1, -0.05) is 23.2 Å². The molecule has 2 rings (SSSR count). The lowest BCUT2D eigenvalue weighted by Gasteiger charge is -2.05. The highest BCUT2D eigenvalue weighted by Crippen LogP contribution is 2.22. The molecule has 5 nitrogen and oxygen atoms in total. The van der Waals surface area contributed by atoms with Crippen molar-refractivity contribution in [1.82, 2.24) is 9.71 Å². The first-order valence-corrected chi connectivity index (χ1v) is 7.40. The second-order valence-corrected chi connectivity index (χ2v) is 6.20. The maximum atomic E-state index is 12.7. The van der Waals surface area contributed by atoms with Gasteiger partial charge in [0.2, 0.25) is 0 Å². The van der Waals surface area contributed by atoms with Gasteiger partial charge in [0, 0.05) is 0 Å². The van der Waals surface area contributed by atoms with Crippen LogP contribution in [0, 0.1) is 5.82 Å². The van der Waals surface area contributed by atoms with Crippen LogP contribution in [-0.4, -0.2) is 19.3 Å². The Balaban J connectivity index is 2.24. The summed E-state index contributed by atoms with van der Waals surface area (Å²) in [5.41, 5.74) is -0.106. The minimum absolute atomic E-state index is 0.0241. The van der Waals surface area contributed by atoms with Crippen LogP contribution in [0.1, 0.15) is 10.5 Å². The van der Waals surface area contributed by atoms with Gasteiger partial charge in [0.05, 0.1) is 9.92 Å². The minimum atomic E-state index is -4.10. The highest BCUT2D eigenvalue weighted by atomic mass is 35.5. The molecule has 106 valence electrons. The van der Waals surface area contributed by atoms with E-state index in [1.54, 1.807) is 0 Å². The normalized spacial score (nSPS) is 11.3. The summed E-state index contributed by atoms with van der Waals surface area (Å²) in [5, 5.41) is 0.118. The van der Waals surface area contributed by atoms with Crippen molar-refractivity contribution in [2.24, 2.45) is 0 Å². The van der Waals surface area contributed by atoms with Crippen molar-refractivity contribution in [3.8, 4) is 0 Å². The molecule has 0 aliphatic carbocycles. The van der Waals surface area contributed by atoms with Crippen molar-refractivity contribution < 1.29 is 17.6 Å². The first-order chi connectivity index (χ1) is 9.29. The van der Waals surface area contributed by atoms with Crippen LogP contribution < -0.4 is 4.72 Å². The number of sulfonamides is 1. The fourth-order valence-corrected chi connectivity index (χ4v) is 2.66. The smallest absolute Gasteiger partial charge is 0.281 e. The molecule has 9 heteroatoms. The maximum Gasteiger partial charge on any atom is 0.281 e. The molecule has 0 aliphatic rings. The van der Waals surface area contributed by atoms with E-state index in [1.807, 2.05) is 4.72 Å². The van der Waals surface area contributed by atoms with E-state index in [0.717, 1.165) is 24.3 Å². The highest BCUT2D eigenvalue weighted by Gasteiger charge is 2.20. The molecule has 0 fully saturated rings. The van der Waals surface area contributed by atoms with Crippen LogP contribution in [0.15, 0.2) is 35.2 Å². The van der Waals surface area contributed by atoms with Crippen LogP contribution >= 0.6 is 23.2 Å². The van der Waals surface area contributed by atoms with Crippen molar-refractivity contribution in [1.29, 1.82) is 0 Å². The van der Waals surface area contributed by atoms with E-state index < -0.39 is 21.7 Å². The van der Waals surface area contributed by atoms with E-state index in [2.05, 4.69) is 4.98 Å². The lowest BCUT2D eigenvalue weighted by Crippen LogP contribution is -2.30. The molecular formula is C11H7Cl2FN2O3S. The van der Waals surface area contributed by atoms with Crippen molar-refractivity contribution in [3.05, 3.63) is 52.0 Å². The molecule has 0 aliphatic heterocycles. The number of hydrogen-bond donors (Lipinski definition) is 2. The summed E-state index contributed by atoms with van der Waals surface area (Å²) in [5.74, 6) is -1.51. The zero-order valence-electron chi connectivity index (χ0n) is 9.65. The Bertz CT molecular complexity index is 737. The van der Waals surface area contributed by atoms with Crippen LogP contribution in [0.4, 0.5) is 4.39 Å². The molecule has 1 aromatic heterocycles. The molecule has 0 saturated heterocycles. The number of nitrogens with one attached hydrogen (secondary N) is 2. The Morgan fingerprint density at radius 1 is 1.20 bits per heavy atom. The Labute approximate surface area is 123 Å². The molecule has 0 radical (unpaired) electrons. The number of aromatic amines is 1. The molecule has 0 atom stereocenters. The monoisotopic (exact) mass is 336 g/mol. The Morgan fingerprint density at radius 2 is 1.80 bits per heavy atom. The summed E-state index contributed by atoms with van der Waals surface area (Å²) in [6, 6.07) is 5.22. The van der Waals surface area contributed by atoms with E-state index in [4.69, 9.17) is 23.2 Å². The quantitative estimate of drug-likeness (QED) is 0.904. The third-order valence-electron chi connectivity index (χ3n) is 2.32. The first kappa shape index (κ1) is 14.8. The van der Waals surface area contributed by atoms with Crippen LogP contribution in [0.2, 0.25) is 10.2 Å². The number of rotatable bonds is 3. The highest BCUT2D eigenvalue weighted by molar-refractivity contribution is 7.90. The van der Waals surface area contributed by atoms with Gasteiger partial charge in [-0.2, -0.15) is 0 Å². The van der Waals surface area contributed by atoms with Gasteiger partial charge >= 0.3 is 0 Å². The van der Waals surface area contributed by atoms with Crippen molar-refractivity contribution in [2.45, 2.75) is 4.90 Å². The van der Waals surface area contributed by atoms with E-state index in [0.29, 0.717) is 0 Å². The number of halogens is 3. The van der Waals surface area contributed by atoms with Gasteiger partial charge in [0.15, 0.2) is 0 Å². The average Bonchev–Trinajstić information content (AvgIpc) is 2.70. The van der Waals surface area contributed by atoms with Gasteiger partial charge in [-0.25, -0.2) is 17.5 Å². The largest absolute Gasteiger partial charge is 0.340 e. The van der Waals surface area contributed by atoms with E-state index in [1.165, 1.54) is 6.07 Å². The molecule has 2 aromatic rings. The number of benzene rings is 1. The van der Waals surface area contributed by atoms with Gasteiger partial charge in [-0.15, -0.1) is 0 Å². The summed E-state index contributed by atoms with van der Waals surface area (Å²) in [7, 11) is -4.10. The number of carbonyl (C=O) groups is 1. The van der Waals surface area contributed by atoms with Gasteiger partial charge in [-0.3, -0.25) is 4.79 Å². The van der Waals surface area contributed by atoms with Gasteiger partial charge in [0.1, 0.15) is 16.7 Å². The third kappa shape index (κ3) is 3.12. The molecule has 20 heavy (non-hydrogen) atoms. The van der Waals surface area contributed by atoms with E-state index in [9.17, 15) is 17.6 Å². The molecule has 0 saturated carbocycles. The molecule has 1 amide bonds. The van der Waals surface area contributed by atoms with E-state index in [-0.39, 0.29) is 20.8 Å². The van der Waals surface area contributed by atoms with Crippen LogP contribution in [0.5, 0.6) is 0 Å². The summed E-state index contributed by atoms with van der Waals surface area (Å²) in [4.78, 5) is 13.9. The second kappa shape index (κ2) is 5.43. The standard InChI is InChI=1S/C11H7Cl2FN2O3S/c12-8-5-9(15-10(8)13)11(17)16-20(18,19)7-3-1-6(14)2-4-7/h1-5,15H,(H,16,17). The van der Waals surface area contributed by atoms with Crippen LogP contribution in [0.3, 0.4) is 0 Å². The molecule has 0 bridgehead atoms. The Kier molecular flexibility index (Phi) is 4.03. The van der Waals surface area contributed by atoms with Gasteiger partial charge < -0.3 is 4.98 Å². The fraction of sp³-hybridized carbons (Fsp3) is 0. The Morgan fingerprint density at radius 3 is 2.30 bits per heavy atom. The topological polar surface area (TPSA) is 79.0 Å². The summed E-state index contributed by atoms with van der Waals surface area (Å²) in [6.45, 7) is 0. The Hall–Kier alpha value is -1.57. The molecular weight excluding hydrogens is 330 g/mol. The second-order valence-electron chi connectivity index (χ2n) is 3.73. The predicted octanol–water partition coefficient (Wildman–Crippen LogP) is 2.58. The SMILES string of the molecule is O=C(NS(=O)(=O)c1ccc(F)cc1)c1cc(Cl)c(Cl)[nH]1. The number of aromatic nitrogens is 1. The maximum absolute atomic E-state index is 12.7. The number of carbonyl (C=O) groups excluding carboxylic acids is 1. The minimum Gasteiger partial charge on any atom is -0.340 e. The molecule has 0 unspecified atom stereocenters.